The molecule has 4 rings (SSSR count). The molecule has 0 spiro atoms. The van der Waals surface area contributed by atoms with Crippen molar-refractivity contribution in [2.24, 2.45) is 10.7 Å². The maximum Gasteiger partial charge on any atom is 0.214 e. The second-order valence-electron chi connectivity index (χ2n) is 7.28. The van der Waals surface area contributed by atoms with E-state index >= 15 is 0 Å². The molecular formula is C24H27N5O2. The highest BCUT2D eigenvalue weighted by molar-refractivity contribution is 6.08. The first kappa shape index (κ1) is 20.5. The number of unbranched alkanes of at least 4 members (excludes halogenated alkanes) is 1. The van der Waals surface area contributed by atoms with E-state index < -0.39 is 0 Å². The second kappa shape index (κ2) is 9.38. The fraction of sp³-hybridized carbons (Fsp3) is 0.250. The van der Waals surface area contributed by atoms with Crippen LogP contribution in [0.4, 0.5) is 11.6 Å². The molecule has 4 aromatic rings. The SMILES string of the molecule is CN=C(N)N(c1cc(CCCCn2cccn2)ccc1OC)c1occ2ccccc12. The van der Waals surface area contributed by atoms with E-state index in [9.17, 15) is 0 Å². The van der Waals surface area contributed by atoms with Crippen LogP contribution in [0.1, 0.15) is 18.4 Å². The van der Waals surface area contributed by atoms with Crippen LogP contribution in [0.5, 0.6) is 5.75 Å². The van der Waals surface area contributed by atoms with E-state index in [1.807, 2.05) is 58.4 Å². The van der Waals surface area contributed by atoms with Gasteiger partial charge in [0, 0.05) is 36.8 Å². The smallest absolute Gasteiger partial charge is 0.214 e. The van der Waals surface area contributed by atoms with Gasteiger partial charge in [0.25, 0.3) is 0 Å². The summed E-state index contributed by atoms with van der Waals surface area (Å²) in [5.74, 6) is 1.65. The number of aromatic nitrogens is 2. The van der Waals surface area contributed by atoms with Crippen molar-refractivity contribution in [3.63, 3.8) is 0 Å². The number of guanidine groups is 1. The Kier molecular flexibility index (Phi) is 6.21. The number of ether oxygens (including phenoxy) is 1. The molecule has 0 atom stereocenters. The van der Waals surface area contributed by atoms with Gasteiger partial charge in [-0.15, -0.1) is 0 Å². The Morgan fingerprint density at radius 3 is 2.84 bits per heavy atom. The highest BCUT2D eigenvalue weighted by Gasteiger charge is 2.23. The van der Waals surface area contributed by atoms with Gasteiger partial charge >= 0.3 is 0 Å². The number of nitrogens with zero attached hydrogens (tertiary/aromatic N) is 4. The van der Waals surface area contributed by atoms with Crippen molar-refractivity contribution in [2.45, 2.75) is 25.8 Å². The predicted octanol–water partition coefficient (Wildman–Crippen LogP) is 4.74. The number of fused-ring (bicyclic) bond motifs is 1. The molecule has 0 bridgehead atoms. The van der Waals surface area contributed by atoms with Crippen LogP contribution in [0.15, 0.2) is 76.6 Å². The van der Waals surface area contributed by atoms with Crippen molar-refractivity contribution in [3.8, 4) is 5.75 Å². The van der Waals surface area contributed by atoms with Gasteiger partial charge in [0.15, 0.2) is 0 Å². The van der Waals surface area contributed by atoms with Gasteiger partial charge in [0.2, 0.25) is 11.8 Å². The lowest BCUT2D eigenvalue weighted by molar-refractivity contribution is 0.415. The lowest BCUT2D eigenvalue weighted by Crippen LogP contribution is -2.33. The van der Waals surface area contributed by atoms with Gasteiger partial charge in [-0.3, -0.25) is 9.67 Å². The highest BCUT2D eigenvalue weighted by Crippen LogP contribution is 2.39. The van der Waals surface area contributed by atoms with E-state index in [1.165, 1.54) is 5.56 Å². The first-order valence-corrected chi connectivity index (χ1v) is 10.3. The number of nitrogens with two attached hydrogens (primary N) is 1. The van der Waals surface area contributed by atoms with Crippen molar-refractivity contribution < 1.29 is 9.15 Å². The van der Waals surface area contributed by atoms with E-state index in [1.54, 1.807) is 20.4 Å². The van der Waals surface area contributed by atoms with Gasteiger partial charge in [-0.2, -0.15) is 5.10 Å². The van der Waals surface area contributed by atoms with Gasteiger partial charge < -0.3 is 14.9 Å². The molecule has 7 nitrogen and oxygen atoms in total. The minimum Gasteiger partial charge on any atom is -0.495 e. The summed E-state index contributed by atoms with van der Waals surface area (Å²) < 4.78 is 13.5. The third kappa shape index (κ3) is 4.40. The Morgan fingerprint density at radius 2 is 2.06 bits per heavy atom. The molecule has 0 saturated heterocycles. The van der Waals surface area contributed by atoms with Gasteiger partial charge in [-0.25, -0.2) is 4.90 Å². The number of anilines is 2. The van der Waals surface area contributed by atoms with Crippen LogP contribution in [0.3, 0.4) is 0 Å². The quantitative estimate of drug-likeness (QED) is 0.254. The highest BCUT2D eigenvalue weighted by atomic mass is 16.5. The summed E-state index contributed by atoms with van der Waals surface area (Å²) >= 11 is 0. The molecule has 7 heteroatoms. The average Bonchev–Trinajstić information content (AvgIpc) is 3.47. The summed E-state index contributed by atoms with van der Waals surface area (Å²) in [6, 6.07) is 16.1. The van der Waals surface area contributed by atoms with Crippen LogP contribution < -0.4 is 15.4 Å². The van der Waals surface area contributed by atoms with Crippen LogP contribution in [-0.2, 0) is 13.0 Å². The zero-order valence-corrected chi connectivity index (χ0v) is 17.9. The first-order valence-electron chi connectivity index (χ1n) is 10.3. The van der Waals surface area contributed by atoms with Crippen molar-refractivity contribution in [2.75, 3.05) is 19.1 Å². The van der Waals surface area contributed by atoms with E-state index in [2.05, 4.69) is 22.2 Å². The van der Waals surface area contributed by atoms with Crippen molar-refractivity contribution >= 4 is 28.3 Å². The Morgan fingerprint density at radius 1 is 1.19 bits per heavy atom. The molecule has 2 heterocycles. The normalized spacial score (nSPS) is 11.7. The van der Waals surface area contributed by atoms with Crippen LogP contribution in [0, 0.1) is 0 Å². The number of aliphatic imine (C=N–C) groups is 1. The second-order valence-corrected chi connectivity index (χ2v) is 7.28. The molecule has 0 radical (unpaired) electrons. The van der Waals surface area contributed by atoms with Gasteiger partial charge in [-0.1, -0.05) is 24.3 Å². The standard InChI is InChI=1S/C24H27N5O2/c1-26-24(25)29(23-20-10-4-3-9-19(20)17-31-23)21-16-18(11-12-22(21)30-2)8-5-6-14-28-15-7-13-27-28/h3-4,7,9-13,15-17H,5-6,8,14H2,1-2H3,(H2,25,26). The number of rotatable bonds is 8. The Balaban J connectivity index is 1.63. The molecule has 2 N–H and O–H groups in total. The fourth-order valence-electron chi connectivity index (χ4n) is 3.69. The minimum atomic E-state index is 0.328. The molecule has 160 valence electrons. The summed E-state index contributed by atoms with van der Waals surface area (Å²) in [7, 11) is 3.32. The number of benzene rings is 2. The number of hydrogen-bond acceptors (Lipinski definition) is 4. The van der Waals surface area contributed by atoms with Crippen LogP contribution in [0.25, 0.3) is 10.8 Å². The number of methoxy groups -OCH3 is 1. The third-order valence-corrected chi connectivity index (χ3v) is 5.30. The molecule has 0 unspecified atom stereocenters. The summed E-state index contributed by atoms with van der Waals surface area (Å²) in [6.07, 6.45) is 8.56. The van der Waals surface area contributed by atoms with Crippen molar-refractivity contribution in [1.82, 2.24) is 9.78 Å². The number of furan rings is 1. The molecule has 0 saturated carbocycles. The molecule has 31 heavy (non-hydrogen) atoms. The van der Waals surface area contributed by atoms with E-state index in [0.29, 0.717) is 17.6 Å². The number of aryl methyl sites for hydroxylation is 2. The largest absolute Gasteiger partial charge is 0.495 e. The molecule has 0 fully saturated rings. The lowest BCUT2D eigenvalue weighted by atomic mass is 10.1. The zero-order chi connectivity index (χ0) is 21.6. The topological polar surface area (TPSA) is 81.8 Å². The molecule has 0 aliphatic carbocycles. The molecule has 2 aromatic carbocycles. The van der Waals surface area contributed by atoms with E-state index in [4.69, 9.17) is 14.9 Å². The lowest BCUT2D eigenvalue weighted by Gasteiger charge is -2.24. The minimum absolute atomic E-state index is 0.328. The summed E-state index contributed by atoms with van der Waals surface area (Å²) in [6.45, 7) is 0.913. The Hall–Kier alpha value is -3.74. The Labute approximate surface area is 181 Å². The maximum absolute atomic E-state index is 6.33. The van der Waals surface area contributed by atoms with Crippen LogP contribution in [-0.4, -0.2) is 29.9 Å². The summed E-state index contributed by atoms with van der Waals surface area (Å²) in [5.41, 5.74) is 8.33. The van der Waals surface area contributed by atoms with Gasteiger partial charge in [0.1, 0.15) is 12.0 Å². The zero-order valence-electron chi connectivity index (χ0n) is 17.9. The monoisotopic (exact) mass is 417 g/mol. The van der Waals surface area contributed by atoms with Crippen molar-refractivity contribution in [1.29, 1.82) is 0 Å². The fourth-order valence-corrected chi connectivity index (χ4v) is 3.69. The third-order valence-electron chi connectivity index (χ3n) is 5.30. The molecule has 0 aliphatic rings. The first-order chi connectivity index (χ1) is 15.2. The summed E-state index contributed by atoms with van der Waals surface area (Å²) in [5, 5.41) is 6.22. The average molecular weight is 418 g/mol. The van der Waals surface area contributed by atoms with E-state index in [-0.39, 0.29) is 0 Å². The molecule has 0 aliphatic heterocycles. The van der Waals surface area contributed by atoms with Gasteiger partial charge in [0.05, 0.1) is 12.8 Å². The van der Waals surface area contributed by atoms with E-state index in [0.717, 1.165) is 42.3 Å². The van der Waals surface area contributed by atoms with Crippen LogP contribution in [0.2, 0.25) is 0 Å². The molecule has 0 amide bonds. The van der Waals surface area contributed by atoms with Crippen LogP contribution >= 0.6 is 0 Å². The Bertz CT molecular complexity index is 1160. The maximum atomic E-state index is 6.33. The van der Waals surface area contributed by atoms with Crippen molar-refractivity contribution in [3.05, 3.63) is 72.8 Å². The summed E-state index contributed by atoms with van der Waals surface area (Å²) in [4.78, 5) is 6.05. The number of hydrogen-bond donors (Lipinski definition) is 1. The molecular weight excluding hydrogens is 390 g/mol. The molecule has 2 aromatic heterocycles. The van der Waals surface area contributed by atoms with Gasteiger partial charge in [-0.05, 0) is 49.1 Å². The predicted molar refractivity (Wildman–Crippen MR) is 124 cm³/mol.